The number of carbonyl (C=O) groups excluding carboxylic acids is 1. The minimum absolute atomic E-state index is 0.0318. The van der Waals surface area contributed by atoms with Crippen LogP contribution in [0, 0.1) is 0 Å². The van der Waals surface area contributed by atoms with E-state index in [2.05, 4.69) is 73.1 Å². The van der Waals surface area contributed by atoms with Crippen LogP contribution in [-0.4, -0.2) is 35.1 Å². The third-order valence-corrected chi connectivity index (χ3v) is 8.82. The van der Waals surface area contributed by atoms with Crippen molar-refractivity contribution in [1.29, 1.82) is 0 Å². The van der Waals surface area contributed by atoms with Crippen molar-refractivity contribution in [2.24, 2.45) is 0 Å². The Kier molecular flexibility index (Phi) is 37.4. The standard InChI is InChI=1S/C43H75O7P/c1-3-5-7-9-11-13-15-17-19-21-23-25-27-29-31-33-35-37-39-48-40-42(41-49-51(45,46)47)50-43(44)38-36-34-32-30-28-26-24-22-20-18-16-14-12-10-8-6-4-2/h6,8,12,14,18,20,24,26,30,32,37,39,42H,3-5,7,9-11,13,15-17,19,21-23,25,27-29,31,33-36,38,40-41H2,1-2H3,(H2,45,46,47)/b8-6-,14-12-,20-18-,26-24-,32-30-,39-37-/t42-/m1/s1. The Hall–Kier alpha value is -2.18. The zero-order chi connectivity index (χ0) is 37.4. The van der Waals surface area contributed by atoms with E-state index in [1.807, 2.05) is 12.2 Å². The molecule has 0 aromatic heterocycles. The van der Waals surface area contributed by atoms with Gasteiger partial charge in [-0.2, -0.15) is 0 Å². The highest BCUT2D eigenvalue weighted by atomic mass is 31.2. The third kappa shape index (κ3) is 42.1. The van der Waals surface area contributed by atoms with Gasteiger partial charge in [0, 0.05) is 6.42 Å². The van der Waals surface area contributed by atoms with E-state index in [4.69, 9.17) is 19.3 Å². The van der Waals surface area contributed by atoms with Crippen LogP contribution in [0.3, 0.4) is 0 Å². The van der Waals surface area contributed by atoms with Crippen LogP contribution < -0.4 is 0 Å². The molecule has 0 saturated heterocycles. The molecular formula is C43H75O7P. The number of carbonyl (C=O) groups is 1. The van der Waals surface area contributed by atoms with Crippen molar-refractivity contribution in [2.45, 2.75) is 180 Å². The zero-order valence-electron chi connectivity index (χ0n) is 32.5. The summed E-state index contributed by atoms with van der Waals surface area (Å²) in [6, 6.07) is 0. The van der Waals surface area contributed by atoms with Gasteiger partial charge in [0.1, 0.15) is 6.61 Å². The van der Waals surface area contributed by atoms with Crippen LogP contribution in [-0.2, 0) is 23.4 Å². The Morgan fingerprint density at radius 1 is 0.549 bits per heavy atom. The second kappa shape index (κ2) is 39.0. The van der Waals surface area contributed by atoms with Crippen LogP contribution >= 0.6 is 7.82 Å². The quantitative estimate of drug-likeness (QED) is 0.0215. The van der Waals surface area contributed by atoms with Gasteiger partial charge in [0.15, 0.2) is 6.10 Å². The Balaban J connectivity index is 3.96. The van der Waals surface area contributed by atoms with Crippen molar-refractivity contribution in [2.75, 3.05) is 13.2 Å². The molecule has 0 aliphatic carbocycles. The molecule has 0 spiro atoms. The zero-order valence-corrected chi connectivity index (χ0v) is 33.4. The summed E-state index contributed by atoms with van der Waals surface area (Å²) in [7, 11) is -4.69. The van der Waals surface area contributed by atoms with Gasteiger partial charge in [-0.1, -0.05) is 171 Å². The molecule has 0 aliphatic rings. The highest BCUT2D eigenvalue weighted by molar-refractivity contribution is 7.46. The number of hydrogen-bond donors (Lipinski definition) is 2. The maximum Gasteiger partial charge on any atom is 0.469 e. The van der Waals surface area contributed by atoms with E-state index in [1.165, 1.54) is 96.3 Å². The summed E-state index contributed by atoms with van der Waals surface area (Å²) in [5.41, 5.74) is 0. The van der Waals surface area contributed by atoms with Crippen molar-refractivity contribution < 1.29 is 33.1 Å². The van der Waals surface area contributed by atoms with Gasteiger partial charge in [-0.15, -0.1) is 0 Å². The minimum atomic E-state index is -4.69. The third-order valence-electron chi connectivity index (χ3n) is 8.34. The molecule has 0 saturated carbocycles. The summed E-state index contributed by atoms with van der Waals surface area (Å²) in [5, 5.41) is 0. The van der Waals surface area contributed by atoms with Gasteiger partial charge in [-0.3, -0.25) is 9.32 Å². The van der Waals surface area contributed by atoms with Gasteiger partial charge in [0.25, 0.3) is 0 Å². The van der Waals surface area contributed by atoms with Crippen molar-refractivity contribution in [3.8, 4) is 0 Å². The number of phosphoric acid groups is 1. The maximum absolute atomic E-state index is 12.4. The Morgan fingerprint density at radius 2 is 0.980 bits per heavy atom. The van der Waals surface area contributed by atoms with Crippen molar-refractivity contribution in [1.82, 2.24) is 0 Å². The minimum Gasteiger partial charge on any atom is -0.498 e. The van der Waals surface area contributed by atoms with E-state index in [0.717, 1.165) is 51.4 Å². The number of allylic oxidation sites excluding steroid dienone is 11. The number of rotatable bonds is 37. The van der Waals surface area contributed by atoms with Crippen LogP contribution in [0.5, 0.6) is 0 Å². The summed E-state index contributed by atoms with van der Waals surface area (Å²) in [6.45, 7) is 3.95. The molecule has 0 fully saturated rings. The second-order valence-electron chi connectivity index (χ2n) is 13.3. The first-order valence-corrected chi connectivity index (χ1v) is 21.8. The predicted octanol–water partition coefficient (Wildman–Crippen LogP) is 13.1. The summed E-state index contributed by atoms with van der Waals surface area (Å²) in [4.78, 5) is 30.5. The lowest BCUT2D eigenvalue weighted by Gasteiger charge is -2.17. The average molecular weight is 735 g/mol. The molecule has 0 rings (SSSR count). The Bertz CT molecular complexity index is 992. The molecule has 51 heavy (non-hydrogen) atoms. The highest BCUT2D eigenvalue weighted by Gasteiger charge is 2.21. The van der Waals surface area contributed by atoms with Gasteiger partial charge in [0.05, 0.1) is 12.9 Å². The molecule has 0 bridgehead atoms. The molecule has 0 radical (unpaired) electrons. The van der Waals surface area contributed by atoms with Gasteiger partial charge in [-0.05, 0) is 63.9 Å². The normalized spacial score (nSPS) is 13.3. The number of hydrogen-bond acceptors (Lipinski definition) is 5. The lowest BCUT2D eigenvalue weighted by molar-refractivity contribution is -0.153. The molecule has 2 N–H and O–H groups in total. The van der Waals surface area contributed by atoms with Crippen LogP contribution in [0.2, 0.25) is 0 Å². The number of unbranched alkanes of at least 4 members (excludes halogenated alkanes) is 17. The lowest BCUT2D eigenvalue weighted by atomic mass is 10.0. The summed E-state index contributed by atoms with van der Waals surface area (Å²) < 4.78 is 26.7. The number of esters is 1. The second-order valence-corrected chi connectivity index (χ2v) is 14.5. The van der Waals surface area contributed by atoms with E-state index < -0.39 is 26.5 Å². The van der Waals surface area contributed by atoms with Gasteiger partial charge in [-0.25, -0.2) is 4.57 Å². The summed E-state index contributed by atoms with van der Waals surface area (Å²) in [5.74, 6) is -0.442. The monoisotopic (exact) mass is 735 g/mol. The maximum atomic E-state index is 12.4. The molecule has 0 aromatic rings. The van der Waals surface area contributed by atoms with Crippen LogP contribution in [0.1, 0.15) is 174 Å². The fourth-order valence-electron chi connectivity index (χ4n) is 5.38. The molecule has 1 atom stereocenters. The Labute approximate surface area is 313 Å². The average Bonchev–Trinajstić information content (AvgIpc) is 3.10. The SMILES string of the molecule is CC/C=C\C/C=C\C/C=C\C/C=C\C/C=C\CCCC(=O)O[C@H](CO/C=C\CCCCCCCCCCCCCCCCCC)COP(=O)(O)O. The first-order chi connectivity index (χ1) is 24.9. The van der Waals surface area contributed by atoms with E-state index >= 15 is 0 Å². The molecular weight excluding hydrogens is 659 g/mol. The molecule has 0 aromatic carbocycles. The molecule has 294 valence electrons. The smallest absolute Gasteiger partial charge is 0.469 e. The van der Waals surface area contributed by atoms with Crippen molar-refractivity contribution in [3.05, 3.63) is 73.1 Å². The van der Waals surface area contributed by atoms with E-state index in [1.54, 1.807) is 6.26 Å². The van der Waals surface area contributed by atoms with Gasteiger partial charge < -0.3 is 19.3 Å². The lowest BCUT2D eigenvalue weighted by Crippen LogP contribution is -2.27. The van der Waals surface area contributed by atoms with E-state index in [-0.39, 0.29) is 13.0 Å². The molecule has 0 unspecified atom stereocenters. The molecule has 8 heteroatoms. The molecule has 0 heterocycles. The number of phosphoric ester groups is 1. The first-order valence-electron chi connectivity index (χ1n) is 20.3. The van der Waals surface area contributed by atoms with Gasteiger partial charge >= 0.3 is 13.8 Å². The fraction of sp³-hybridized carbons (Fsp3) is 0.698. The molecule has 0 amide bonds. The Morgan fingerprint density at radius 3 is 1.45 bits per heavy atom. The summed E-state index contributed by atoms with van der Waals surface area (Å²) in [6.07, 6.45) is 52.8. The van der Waals surface area contributed by atoms with Crippen LogP contribution in [0.4, 0.5) is 0 Å². The van der Waals surface area contributed by atoms with Crippen molar-refractivity contribution in [3.63, 3.8) is 0 Å². The van der Waals surface area contributed by atoms with Crippen LogP contribution in [0.25, 0.3) is 0 Å². The summed E-state index contributed by atoms with van der Waals surface area (Å²) >= 11 is 0. The number of ether oxygens (including phenoxy) is 2. The van der Waals surface area contributed by atoms with Crippen LogP contribution in [0.15, 0.2) is 73.1 Å². The van der Waals surface area contributed by atoms with Crippen molar-refractivity contribution >= 4 is 13.8 Å². The largest absolute Gasteiger partial charge is 0.498 e. The molecule has 7 nitrogen and oxygen atoms in total. The molecule has 0 aliphatic heterocycles. The van der Waals surface area contributed by atoms with E-state index in [9.17, 15) is 9.36 Å². The van der Waals surface area contributed by atoms with E-state index in [0.29, 0.717) is 6.42 Å². The predicted molar refractivity (Wildman–Crippen MR) is 215 cm³/mol. The van der Waals surface area contributed by atoms with Gasteiger partial charge in [0.2, 0.25) is 0 Å². The highest BCUT2D eigenvalue weighted by Crippen LogP contribution is 2.35. The first kappa shape index (κ1) is 48.8. The fourth-order valence-corrected chi connectivity index (χ4v) is 5.74. The topological polar surface area (TPSA) is 102 Å².